The summed E-state index contributed by atoms with van der Waals surface area (Å²) in [7, 11) is 1.53. The lowest BCUT2D eigenvalue weighted by Crippen LogP contribution is -2.29. The van der Waals surface area contributed by atoms with E-state index in [1.807, 2.05) is 27.7 Å². The zero-order chi connectivity index (χ0) is 14.6. The molecule has 0 bridgehead atoms. The largest absolute Gasteiger partial charge is 0.495 e. The molecule has 4 nitrogen and oxygen atoms in total. The van der Waals surface area contributed by atoms with Gasteiger partial charge in [-0.3, -0.25) is 4.79 Å². The molecule has 3 N–H and O–H groups in total. The first-order valence-electron chi connectivity index (χ1n) is 6.32. The van der Waals surface area contributed by atoms with Crippen LogP contribution in [0.25, 0.3) is 0 Å². The minimum absolute atomic E-state index is 0.369. The second-order valence-electron chi connectivity index (χ2n) is 6.23. The second kappa shape index (κ2) is 3.65. The van der Waals surface area contributed by atoms with E-state index in [0.29, 0.717) is 17.0 Å². The highest BCUT2D eigenvalue weighted by Gasteiger charge is 2.82. The number of carboxylic acids is 1. The Morgan fingerprint density at radius 2 is 1.74 bits per heavy atom. The molecule has 104 valence electrons. The fourth-order valence-corrected chi connectivity index (χ4v) is 3.68. The van der Waals surface area contributed by atoms with Crippen LogP contribution in [0.3, 0.4) is 0 Å². The average Bonchev–Trinajstić information content (AvgIpc) is 2.67. The number of methoxy groups -OCH3 is 1. The number of hydrogen-bond acceptors (Lipinski definition) is 3. The SMILES string of the molecule is COc1cccc(C2(C(=O)O)C(C)(C)C2(C)C)c1N. The van der Waals surface area contributed by atoms with E-state index in [1.165, 1.54) is 7.11 Å². The van der Waals surface area contributed by atoms with Crippen molar-refractivity contribution in [1.29, 1.82) is 0 Å². The van der Waals surface area contributed by atoms with Crippen molar-refractivity contribution in [3.05, 3.63) is 23.8 Å². The topological polar surface area (TPSA) is 72.5 Å². The van der Waals surface area contributed by atoms with Gasteiger partial charge in [-0.05, 0) is 22.5 Å². The number of hydrogen-bond donors (Lipinski definition) is 2. The summed E-state index contributed by atoms with van der Waals surface area (Å²) >= 11 is 0. The fraction of sp³-hybridized carbons (Fsp3) is 0.533. The molecule has 1 fully saturated rings. The van der Waals surface area contributed by atoms with E-state index < -0.39 is 11.4 Å². The van der Waals surface area contributed by atoms with Gasteiger partial charge in [-0.2, -0.15) is 0 Å². The van der Waals surface area contributed by atoms with Gasteiger partial charge in [-0.25, -0.2) is 0 Å². The molecule has 0 saturated heterocycles. The van der Waals surface area contributed by atoms with Crippen LogP contribution in [0.15, 0.2) is 18.2 Å². The summed E-state index contributed by atoms with van der Waals surface area (Å²) in [5.41, 5.74) is 5.47. The predicted molar refractivity (Wildman–Crippen MR) is 74.3 cm³/mol. The molecule has 1 aliphatic rings. The number of carbonyl (C=O) groups is 1. The molecule has 1 saturated carbocycles. The molecule has 0 aromatic heterocycles. The van der Waals surface area contributed by atoms with Crippen molar-refractivity contribution < 1.29 is 14.6 Å². The fourth-order valence-electron chi connectivity index (χ4n) is 3.68. The van der Waals surface area contributed by atoms with Crippen LogP contribution in [0, 0.1) is 10.8 Å². The number of benzene rings is 1. The maximum absolute atomic E-state index is 12.0. The van der Waals surface area contributed by atoms with E-state index >= 15 is 0 Å². The summed E-state index contributed by atoms with van der Waals surface area (Å²) in [5.74, 6) is -0.306. The maximum Gasteiger partial charge on any atom is 0.315 e. The van der Waals surface area contributed by atoms with Gasteiger partial charge in [0.2, 0.25) is 0 Å². The van der Waals surface area contributed by atoms with Crippen LogP contribution in [0.2, 0.25) is 0 Å². The van der Waals surface area contributed by atoms with E-state index in [0.717, 1.165) is 0 Å². The first-order chi connectivity index (χ1) is 8.66. The van der Waals surface area contributed by atoms with Gasteiger partial charge in [0, 0.05) is 0 Å². The quantitative estimate of drug-likeness (QED) is 0.822. The van der Waals surface area contributed by atoms with Crippen molar-refractivity contribution in [2.45, 2.75) is 33.1 Å². The first kappa shape index (κ1) is 13.7. The summed E-state index contributed by atoms with van der Waals surface area (Å²) in [6.07, 6.45) is 0. The summed E-state index contributed by atoms with van der Waals surface area (Å²) in [6.45, 7) is 7.89. The van der Waals surface area contributed by atoms with Crippen LogP contribution in [-0.2, 0) is 10.2 Å². The second-order valence-corrected chi connectivity index (χ2v) is 6.23. The van der Waals surface area contributed by atoms with Gasteiger partial charge in [0.1, 0.15) is 11.2 Å². The van der Waals surface area contributed by atoms with Gasteiger partial charge in [-0.1, -0.05) is 39.8 Å². The minimum Gasteiger partial charge on any atom is -0.495 e. The Bertz CT molecular complexity index is 532. The zero-order valence-corrected chi connectivity index (χ0v) is 12.1. The number of aliphatic carboxylic acids is 1. The van der Waals surface area contributed by atoms with Crippen LogP contribution >= 0.6 is 0 Å². The smallest absolute Gasteiger partial charge is 0.315 e. The van der Waals surface area contributed by atoms with Crippen molar-refractivity contribution in [2.75, 3.05) is 12.8 Å². The summed E-state index contributed by atoms with van der Waals surface area (Å²) < 4.78 is 5.21. The average molecular weight is 263 g/mol. The van der Waals surface area contributed by atoms with Crippen LogP contribution in [-0.4, -0.2) is 18.2 Å². The molecular weight excluding hydrogens is 242 g/mol. The van der Waals surface area contributed by atoms with Crippen molar-refractivity contribution in [3.8, 4) is 5.75 Å². The molecule has 0 radical (unpaired) electrons. The Morgan fingerprint density at radius 3 is 2.11 bits per heavy atom. The van der Waals surface area contributed by atoms with Crippen LogP contribution in [0.5, 0.6) is 5.75 Å². The van der Waals surface area contributed by atoms with E-state index in [-0.39, 0.29) is 10.8 Å². The van der Waals surface area contributed by atoms with Crippen molar-refractivity contribution in [1.82, 2.24) is 0 Å². The normalized spacial score (nSPS) is 21.7. The Hall–Kier alpha value is -1.71. The predicted octanol–water partition coefficient (Wildman–Crippen LogP) is 2.67. The Morgan fingerprint density at radius 1 is 1.21 bits per heavy atom. The van der Waals surface area contributed by atoms with Gasteiger partial charge in [0.25, 0.3) is 0 Å². The molecule has 0 atom stereocenters. The summed E-state index contributed by atoms with van der Waals surface area (Å²) in [4.78, 5) is 12.0. The summed E-state index contributed by atoms with van der Waals surface area (Å²) in [5, 5.41) is 9.82. The number of rotatable bonds is 3. The maximum atomic E-state index is 12.0. The molecule has 0 amide bonds. The highest BCUT2D eigenvalue weighted by atomic mass is 16.5. The molecule has 4 heteroatoms. The van der Waals surface area contributed by atoms with Gasteiger partial charge in [0.05, 0.1) is 12.8 Å². The highest BCUT2D eigenvalue weighted by Crippen LogP contribution is 2.78. The van der Waals surface area contributed by atoms with E-state index in [1.54, 1.807) is 18.2 Å². The molecule has 1 aromatic rings. The lowest BCUT2D eigenvalue weighted by atomic mass is 9.85. The standard InChI is InChI=1S/C15H21NO3/c1-13(2)14(3,4)15(13,12(17)18)9-7-6-8-10(19-5)11(9)16/h6-8H,16H2,1-5H3,(H,17,18). The van der Waals surface area contributed by atoms with Crippen molar-refractivity contribution in [2.24, 2.45) is 10.8 Å². The monoisotopic (exact) mass is 263 g/mol. The lowest BCUT2D eigenvalue weighted by Gasteiger charge is -2.20. The lowest BCUT2D eigenvalue weighted by molar-refractivity contribution is -0.141. The Kier molecular flexibility index (Phi) is 2.64. The molecular formula is C15H21NO3. The van der Waals surface area contributed by atoms with Gasteiger partial charge in [0.15, 0.2) is 0 Å². The van der Waals surface area contributed by atoms with E-state index in [9.17, 15) is 9.90 Å². The van der Waals surface area contributed by atoms with Crippen molar-refractivity contribution in [3.63, 3.8) is 0 Å². The molecule has 19 heavy (non-hydrogen) atoms. The molecule has 2 rings (SSSR count). The van der Waals surface area contributed by atoms with Crippen LogP contribution in [0.4, 0.5) is 5.69 Å². The highest BCUT2D eigenvalue weighted by molar-refractivity contribution is 5.92. The number of nitrogen functional groups attached to an aromatic ring is 1. The van der Waals surface area contributed by atoms with Crippen LogP contribution < -0.4 is 10.5 Å². The third-order valence-electron chi connectivity index (χ3n) is 5.39. The molecule has 1 aromatic carbocycles. The molecule has 0 unspecified atom stereocenters. The molecule has 1 aliphatic carbocycles. The Balaban J connectivity index is 2.73. The van der Waals surface area contributed by atoms with Gasteiger partial charge < -0.3 is 15.6 Å². The van der Waals surface area contributed by atoms with Crippen LogP contribution in [0.1, 0.15) is 33.3 Å². The Labute approximate surface area is 113 Å². The number of para-hydroxylation sites is 1. The third kappa shape index (κ3) is 1.26. The molecule has 0 spiro atoms. The molecule has 0 aliphatic heterocycles. The van der Waals surface area contributed by atoms with E-state index in [4.69, 9.17) is 10.5 Å². The number of ether oxygens (including phenoxy) is 1. The van der Waals surface area contributed by atoms with Gasteiger partial charge in [-0.15, -0.1) is 0 Å². The van der Waals surface area contributed by atoms with E-state index in [2.05, 4.69) is 0 Å². The number of carboxylic acid groups (broad SMARTS) is 1. The summed E-state index contributed by atoms with van der Waals surface area (Å²) in [6, 6.07) is 5.33. The molecule has 0 heterocycles. The van der Waals surface area contributed by atoms with Crippen molar-refractivity contribution >= 4 is 11.7 Å². The third-order valence-corrected chi connectivity index (χ3v) is 5.39. The zero-order valence-electron chi connectivity index (χ0n) is 12.1. The number of anilines is 1. The first-order valence-corrected chi connectivity index (χ1v) is 6.32. The van der Waals surface area contributed by atoms with Gasteiger partial charge >= 0.3 is 5.97 Å². The number of nitrogens with two attached hydrogens (primary N) is 1. The minimum atomic E-state index is -0.974.